The van der Waals surface area contributed by atoms with Crippen LogP contribution in [0, 0.1) is 3.57 Å². The number of hydrogen-bond donors (Lipinski definition) is 5. The van der Waals surface area contributed by atoms with Gasteiger partial charge in [0.15, 0.2) is 23.2 Å². The first-order valence-electron chi connectivity index (χ1n) is 8.57. The molecule has 0 saturated carbocycles. The van der Waals surface area contributed by atoms with Crippen molar-refractivity contribution in [3.05, 3.63) is 40.0 Å². The van der Waals surface area contributed by atoms with E-state index >= 15 is 0 Å². The summed E-state index contributed by atoms with van der Waals surface area (Å²) in [6.07, 6.45) is -1.32. The van der Waals surface area contributed by atoms with Gasteiger partial charge < -0.3 is 31.1 Å². The lowest BCUT2D eigenvalue weighted by molar-refractivity contribution is -0.0511. The van der Waals surface area contributed by atoms with Gasteiger partial charge in [0.05, 0.1) is 12.9 Å². The van der Waals surface area contributed by atoms with Gasteiger partial charge in [-0.2, -0.15) is 0 Å². The number of fused-ring (bicyclic) bond motifs is 1. The van der Waals surface area contributed by atoms with Crippen LogP contribution in [0.4, 0.5) is 11.5 Å². The van der Waals surface area contributed by atoms with Gasteiger partial charge in [-0.05, 0) is 40.3 Å². The second-order valence-corrected chi connectivity index (χ2v) is 7.65. The Bertz CT molecular complexity index is 999. The first kappa shape index (κ1) is 19.3. The van der Waals surface area contributed by atoms with Crippen molar-refractivity contribution < 1.29 is 20.1 Å². The van der Waals surface area contributed by atoms with Gasteiger partial charge in [-0.25, -0.2) is 15.0 Å². The van der Waals surface area contributed by atoms with E-state index in [0.29, 0.717) is 23.5 Å². The minimum atomic E-state index is -1.21. The number of ether oxygens (including phenoxy) is 1. The summed E-state index contributed by atoms with van der Waals surface area (Å²) in [6.45, 7) is 0.118. The molecule has 3 heterocycles. The summed E-state index contributed by atoms with van der Waals surface area (Å²) in [5.74, 6) is 0.530. The summed E-state index contributed by atoms with van der Waals surface area (Å²) < 4.78 is 8.06. The molecule has 11 heteroatoms. The molecule has 1 aliphatic rings. The highest BCUT2D eigenvalue weighted by atomic mass is 127. The third-order valence-electron chi connectivity index (χ3n) is 4.67. The summed E-state index contributed by atoms with van der Waals surface area (Å²) in [4.78, 5) is 12.8. The topological polar surface area (TPSA) is 152 Å². The molecule has 148 valence electrons. The summed E-state index contributed by atoms with van der Waals surface area (Å²) >= 11 is 2.18. The molecule has 4 rings (SSSR count). The Hall–Kier alpha value is -2.06. The number of aliphatic hydroxyl groups excluding tert-OH is 3. The first-order valence-corrected chi connectivity index (χ1v) is 9.65. The van der Waals surface area contributed by atoms with Crippen LogP contribution in [0.15, 0.2) is 30.9 Å². The highest BCUT2D eigenvalue weighted by Crippen LogP contribution is 2.32. The number of nitrogens with zero attached hydrogens (tertiary/aromatic N) is 4. The maximum atomic E-state index is 10.3. The van der Waals surface area contributed by atoms with Crippen LogP contribution in [0.5, 0.6) is 0 Å². The smallest absolute Gasteiger partial charge is 0.167 e. The summed E-state index contributed by atoms with van der Waals surface area (Å²) in [6, 6.07) is 5.77. The molecule has 0 radical (unpaired) electrons. The average molecular weight is 498 g/mol. The molecule has 0 aliphatic carbocycles. The van der Waals surface area contributed by atoms with E-state index in [0.717, 1.165) is 14.8 Å². The predicted molar refractivity (Wildman–Crippen MR) is 109 cm³/mol. The lowest BCUT2D eigenvalue weighted by Gasteiger charge is -2.16. The maximum absolute atomic E-state index is 10.3. The summed E-state index contributed by atoms with van der Waals surface area (Å²) in [5, 5.41) is 32.7. The SMILES string of the molecule is Nc1ccc(CNc2ncnc3c2ncn3C2OC(CO)C(O)C2O)cc1I. The minimum absolute atomic E-state index is 0.399. The van der Waals surface area contributed by atoms with Crippen LogP contribution in [0.25, 0.3) is 11.2 Å². The molecule has 4 atom stereocenters. The molecule has 1 aromatic carbocycles. The number of aliphatic hydroxyl groups is 3. The first-order chi connectivity index (χ1) is 13.5. The van der Waals surface area contributed by atoms with Crippen LogP contribution in [-0.2, 0) is 11.3 Å². The van der Waals surface area contributed by atoms with E-state index in [9.17, 15) is 15.3 Å². The van der Waals surface area contributed by atoms with Crippen LogP contribution >= 0.6 is 22.6 Å². The molecule has 6 N–H and O–H groups in total. The van der Waals surface area contributed by atoms with Gasteiger partial charge in [0.1, 0.15) is 24.6 Å². The molecule has 1 aliphatic heterocycles. The fourth-order valence-electron chi connectivity index (χ4n) is 3.14. The van der Waals surface area contributed by atoms with Gasteiger partial charge >= 0.3 is 0 Å². The molecule has 10 nitrogen and oxygen atoms in total. The molecule has 0 bridgehead atoms. The number of nitrogens with two attached hydrogens (primary N) is 1. The monoisotopic (exact) mass is 498 g/mol. The minimum Gasteiger partial charge on any atom is -0.398 e. The Balaban J connectivity index is 1.59. The van der Waals surface area contributed by atoms with Gasteiger partial charge in [-0.3, -0.25) is 4.57 Å². The zero-order valence-corrected chi connectivity index (χ0v) is 16.8. The Morgan fingerprint density at radius 2 is 2.04 bits per heavy atom. The molecule has 0 spiro atoms. The predicted octanol–water partition coefficient (Wildman–Crippen LogP) is 0.237. The van der Waals surface area contributed by atoms with Crippen molar-refractivity contribution in [1.82, 2.24) is 19.5 Å². The van der Waals surface area contributed by atoms with Crippen LogP contribution in [0.2, 0.25) is 0 Å². The highest BCUT2D eigenvalue weighted by Gasteiger charge is 2.44. The van der Waals surface area contributed by atoms with E-state index in [4.69, 9.17) is 10.5 Å². The lowest BCUT2D eigenvalue weighted by atomic mass is 10.1. The summed E-state index contributed by atoms with van der Waals surface area (Å²) in [7, 11) is 0. The van der Waals surface area contributed by atoms with E-state index in [1.54, 1.807) is 0 Å². The van der Waals surface area contributed by atoms with E-state index in [2.05, 4.69) is 42.9 Å². The van der Waals surface area contributed by atoms with Crippen LogP contribution in [-0.4, -0.2) is 59.8 Å². The van der Waals surface area contributed by atoms with Crippen molar-refractivity contribution in [2.75, 3.05) is 17.7 Å². The fourth-order valence-corrected chi connectivity index (χ4v) is 3.72. The van der Waals surface area contributed by atoms with Crippen molar-refractivity contribution in [3.63, 3.8) is 0 Å². The van der Waals surface area contributed by atoms with Gasteiger partial charge in [-0.15, -0.1) is 0 Å². The molecule has 4 unspecified atom stereocenters. The molecule has 1 saturated heterocycles. The average Bonchev–Trinajstić information content (AvgIpc) is 3.24. The Morgan fingerprint density at radius 3 is 2.75 bits per heavy atom. The molecular formula is C17H19IN6O4. The normalized spacial score (nSPS) is 24.7. The molecule has 2 aromatic heterocycles. The van der Waals surface area contributed by atoms with Gasteiger partial charge in [-0.1, -0.05) is 6.07 Å². The van der Waals surface area contributed by atoms with E-state index < -0.39 is 31.1 Å². The van der Waals surface area contributed by atoms with Gasteiger partial charge in [0.2, 0.25) is 0 Å². The zero-order valence-electron chi connectivity index (χ0n) is 14.6. The Morgan fingerprint density at radius 1 is 1.21 bits per heavy atom. The second kappa shape index (κ2) is 7.75. The zero-order chi connectivity index (χ0) is 19.8. The van der Waals surface area contributed by atoms with Crippen molar-refractivity contribution in [3.8, 4) is 0 Å². The number of aromatic nitrogens is 4. The fraction of sp³-hybridized carbons (Fsp3) is 0.353. The van der Waals surface area contributed by atoms with Crippen molar-refractivity contribution in [1.29, 1.82) is 0 Å². The largest absolute Gasteiger partial charge is 0.398 e. The Labute approximate surface area is 173 Å². The number of rotatable bonds is 5. The molecule has 3 aromatic rings. The number of anilines is 2. The van der Waals surface area contributed by atoms with Crippen LogP contribution in [0.3, 0.4) is 0 Å². The van der Waals surface area contributed by atoms with Gasteiger partial charge in [0.25, 0.3) is 0 Å². The lowest BCUT2D eigenvalue weighted by Crippen LogP contribution is -2.33. The van der Waals surface area contributed by atoms with E-state index in [-0.39, 0.29) is 0 Å². The van der Waals surface area contributed by atoms with Crippen LogP contribution < -0.4 is 11.1 Å². The standard InChI is InChI=1S/C17H19IN6O4/c18-9-3-8(1-2-10(9)19)4-20-15-12-16(22-6-21-15)24(7-23-12)17-14(27)13(26)11(5-25)28-17/h1-3,6-7,11,13-14,17,25-27H,4-5,19H2,(H,20,21,22). The Kier molecular flexibility index (Phi) is 5.33. The third-order valence-corrected chi connectivity index (χ3v) is 5.61. The number of hydrogen-bond acceptors (Lipinski definition) is 9. The second-order valence-electron chi connectivity index (χ2n) is 6.48. The number of benzene rings is 1. The molecule has 28 heavy (non-hydrogen) atoms. The van der Waals surface area contributed by atoms with Crippen LogP contribution in [0.1, 0.15) is 11.8 Å². The maximum Gasteiger partial charge on any atom is 0.167 e. The quantitative estimate of drug-likeness (QED) is 0.246. The number of halogens is 1. The van der Waals surface area contributed by atoms with Gasteiger partial charge in [0, 0.05) is 15.8 Å². The molecule has 1 fully saturated rings. The highest BCUT2D eigenvalue weighted by molar-refractivity contribution is 14.1. The van der Waals surface area contributed by atoms with E-state index in [1.807, 2.05) is 18.2 Å². The van der Waals surface area contributed by atoms with E-state index in [1.165, 1.54) is 17.2 Å². The van der Waals surface area contributed by atoms with Crippen molar-refractivity contribution in [2.24, 2.45) is 0 Å². The number of imidazole rings is 1. The third kappa shape index (κ3) is 3.39. The summed E-state index contributed by atoms with van der Waals surface area (Å²) in [5.41, 5.74) is 8.56. The van der Waals surface area contributed by atoms with Crippen molar-refractivity contribution >= 4 is 45.3 Å². The molecule has 0 amide bonds. The molecular weight excluding hydrogens is 479 g/mol. The number of nitrogens with one attached hydrogen (secondary N) is 1. The number of nitrogen functional groups attached to an aromatic ring is 1. The van der Waals surface area contributed by atoms with Crippen molar-refractivity contribution in [2.45, 2.75) is 31.1 Å².